The molecule has 0 aromatic carbocycles. The van der Waals surface area contributed by atoms with Crippen molar-refractivity contribution in [3.05, 3.63) is 57.0 Å². The summed E-state index contributed by atoms with van der Waals surface area (Å²) in [4.78, 5) is 27.0. The van der Waals surface area contributed by atoms with Crippen molar-refractivity contribution in [3.8, 4) is 0 Å². The summed E-state index contributed by atoms with van der Waals surface area (Å²) in [5, 5.41) is 0. The van der Waals surface area contributed by atoms with E-state index < -0.39 is 11.1 Å². The molecule has 0 radical (unpaired) electrons. The number of nitrogens with zero attached hydrogens (tertiary/aromatic N) is 3. The van der Waals surface area contributed by atoms with Crippen LogP contribution >= 0.6 is 0 Å². The van der Waals surface area contributed by atoms with Crippen LogP contribution in [0.2, 0.25) is 0 Å². The van der Waals surface area contributed by atoms with Crippen LogP contribution in [0.4, 0.5) is 5.82 Å². The molecule has 2 aromatic heterocycles. The first kappa shape index (κ1) is 11.1. The lowest BCUT2D eigenvalue weighted by Crippen LogP contribution is -2.39. The van der Waals surface area contributed by atoms with E-state index in [0.29, 0.717) is 12.4 Å². The summed E-state index contributed by atoms with van der Waals surface area (Å²) in [5.74, 6) is 0.388. The molecule has 2 rings (SSSR count). The molecule has 0 fully saturated rings. The molecular formula is C11H12N4O2. The Morgan fingerprint density at radius 2 is 2.06 bits per heavy atom. The number of pyridine rings is 1. The molecule has 2 heterocycles. The van der Waals surface area contributed by atoms with Crippen LogP contribution in [0, 0.1) is 0 Å². The highest BCUT2D eigenvalue weighted by Crippen LogP contribution is 2.03. The highest BCUT2D eigenvalue weighted by molar-refractivity contribution is 5.31. The minimum atomic E-state index is -0.551. The molecule has 2 N–H and O–H groups in total. The average molecular weight is 232 g/mol. The van der Waals surface area contributed by atoms with Crippen LogP contribution in [0.5, 0.6) is 0 Å². The molecule has 0 unspecified atom stereocenters. The Kier molecular flexibility index (Phi) is 2.78. The van der Waals surface area contributed by atoms with E-state index >= 15 is 0 Å². The second-order valence-corrected chi connectivity index (χ2v) is 3.74. The molecule has 0 spiro atoms. The predicted molar refractivity (Wildman–Crippen MR) is 63.7 cm³/mol. The second-order valence-electron chi connectivity index (χ2n) is 3.74. The number of nitrogen functional groups attached to an aromatic ring is 1. The van der Waals surface area contributed by atoms with Crippen LogP contribution < -0.4 is 16.9 Å². The van der Waals surface area contributed by atoms with Crippen LogP contribution in [-0.4, -0.2) is 14.1 Å². The summed E-state index contributed by atoms with van der Waals surface area (Å²) in [6, 6.07) is 3.42. The van der Waals surface area contributed by atoms with Gasteiger partial charge >= 0.3 is 11.1 Å². The molecule has 0 bridgehead atoms. The maximum absolute atomic E-state index is 11.7. The molecule has 0 saturated heterocycles. The first-order valence-electron chi connectivity index (χ1n) is 5.04. The fourth-order valence-electron chi connectivity index (χ4n) is 1.50. The van der Waals surface area contributed by atoms with Gasteiger partial charge in [0.05, 0.1) is 6.54 Å². The first-order chi connectivity index (χ1) is 8.08. The molecule has 0 aliphatic carbocycles. The third kappa shape index (κ3) is 2.25. The maximum Gasteiger partial charge on any atom is 0.316 e. The van der Waals surface area contributed by atoms with Gasteiger partial charge in [0.15, 0.2) is 0 Å². The second kappa shape index (κ2) is 4.25. The third-order valence-corrected chi connectivity index (χ3v) is 2.43. The van der Waals surface area contributed by atoms with Gasteiger partial charge in [-0.1, -0.05) is 0 Å². The topological polar surface area (TPSA) is 82.9 Å². The van der Waals surface area contributed by atoms with Crippen LogP contribution in [0.1, 0.15) is 5.56 Å². The molecule has 0 aliphatic rings. The van der Waals surface area contributed by atoms with E-state index in [2.05, 4.69) is 4.98 Å². The molecule has 2 aromatic rings. The van der Waals surface area contributed by atoms with Gasteiger partial charge < -0.3 is 14.9 Å². The largest absolute Gasteiger partial charge is 0.384 e. The molecular weight excluding hydrogens is 220 g/mol. The van der Waals surface area contributed by atoms with Crippen LogP contribution in [-0.2, 0) is 13.6 Å². The molecule has 0 saturated carbocycles. The quantitative estimate of drug-likeness (QED) is 0.712. The fraction of sp³-hybridized carbons (Fsp3) is 0.182. The highest BCUT2D eigenvalue weighted by atomic mass is 16.2. The zero-order valence-electron chi connectivity index (χ0n) is 9.33. The number of aryl methyl sites for hydroxylation is 1. The maximum atomic E-state index is 11.7. The fourth-order valence-corrected chi connectivity index (χ4v) is 1.50. The van der Waals surface area contributed by atoms with Crippen LogP contribution in [0.25, 0.3) is 0 Å². The highest BCUT2D eigenvalue weighted by Gasteiger charge is 2.03. The van der Waals surface area contributed by atoms with Crippen molar-refractivity contribution in [1.82, 2.24) is 14.1 Å². The van der Waals surface area contributed by atoms with Crippen molar-refractivity contribution in [3.63, 3.8) is 0 Å². The number of rotatable bonds is 2. The number of anilines is 1. The van der Waals surface area contributed by atoms with Gasteiger partial charge in [-0.05, 0) is 17.7 Å². The molecule has 6 heteroatoms. The summed E-state index contributed by atoms with van der Waals surface area (Å²) in [5.41, 5.74) is 5.27. The summed E-state index contributed by atoms with van der Waals surface area (Å²) in [6.45, 7) is 0.307. The number of aromatic nitrogens is 3. The minimum absolute atomic E-state index is 0.307. The van der Waals surface area contributed by atoms with Gasteiger partial charge in [-0.3, -0.25) is 9.59 Å². The van der Waals surface area contributed by atoms with Gasteiger partial charge in [-0.25, -0.2) is 4.98 Å². The van der Waals surface area contributed by atoms with Crippen molar-refractivity contribution >= 4 is 5.82 Å². The standard InChI is InChI=1S/C11H12N4O2/c1-14-4-5-15(11(17)10(14)16)7-8-2-3-13-9(12)6-8/h2-6H,7H2,1H3,(H2,12,13). The predicted octanol–water partition coefficient (Wildman–Crippen LogP) is -0.428. The Bertz CT molecular complexity index is 657. The number of hydrogen-bond acceptors (Lipinski definition) is 4. The van der Waals surface area contributed by atoms with Crippen molar-refractivity contribution < 1.29 is 0 Å². The lowest BCUT2D eigenvalue weighted by atomic mass is 10.2. The van der Waals surface area contributed by atoms with Crippen LogP contribution in [0.15, 0.2) is 40.3 Å². The lowest BCUT2D eigenvalue weighted by molar-refractivity contribution is 0.695. The van der Waals surface area contributed by atoms with Crippen molar-refractivity contribution in [2.45, 2.75) is 6.54 Å². The van der Waals surface area contributed by atoms with Gasteiger partial charge in [0.2, 0.25) is 0 Å². The zero-order chi connectivity index (χ0) is 12.4. The smallest absolute Gasteiger partial charge is 0.316 e. The molecule has 6 nitrogen and oxygen atoms in total. The number of hydrogen-bond donors (Lipinski definition) is 1. The van der Waals surface area contributed by atoms with Gasteiger partial charge in [0, 0.05) is 25.6 Å². The number of nitrogens with two attached hydrogens (primary N) is 1. The van der Waals surface area contributed by atoms with E-state index in [0.717, 1.165) is 5.56 Å². The Balaban J connectivity index is 2.41. The lowest BCUT2D eigenvalue weighted by Gasteiger charge is -2.06. The van der Waals surface area contributed by atoms with E-state index in [9.17, 15) is 9.59 Å². The van der Waals surface area contributed by atoms with Gasteiger partial charge in [-0.2, -0.15) is 0 Å². The molecule has 0 aliphatic heterocycles. The Labute approximate surface area is 97.0 Å². The van der Waals surface area contributed by atoms with E-state index in [1.54, 1.807) is 37.8 Å². The summed E-state index contributed by atoms with van der Waals surface area (Å²) in [7, 11) is 1.54. The zero-order valence-corrected chi connectivity index (χ0v) is 9.33. The first-order valence-corrected chi connectivity index (χ1v) is 5.04. The Morgan fingerprint density at radius 1 is 1.29 bits per heavy atom. The minimum Gasteiger partial charge on any atom is -0.384 e. The van der Waals surface area contributed by atoms with Crippen LogP contribution in [0.3, 0.4) is 0 Å². The van der Waals surface area contributed by atoms with Gasteiger partial charge in [-0.15, -0.1) is 0 Å². The van der Waals surface area contributed by atoms with E-state index in [1.165, 1.54) is 9.13 Å². The molecule has 0 atom stereocenters. The van der Waals surface area contributed by atoms with E-state index in [1.807, 2.05) is 0 Å². The summed E-state index contributed by atoms with van der Waals surface area (Å²) in [6.07, 6.45) is 4.69. The third-order valence-electron chi connectivity index (χ3n) is 2.43. The molecule has 17 heavy (non-hydrogen) atoms. The van der Waals surface area contributed by atoms with E-state index in [-0.39, 0.29) is 0 Å². The monoisotopic (exact) mass is 232 g/mol. The van der Waals surface area contributed by atoms with Gasteiger partial charge in [0.25, 0.3) is 0 Å². The average Bonchev–Trinajstić information content (AvgIpc) is 2.30. The normalized spacial score (nSPS) is 10.4. The SMILES string of the molecule is Cn1ccn(Cc2ccnc(N)c2)c(=O)c1=O. The summed E-state index contributed by atoms with van der Waals surface area (Å²) >= 11 is 0. The van der Waals surface area contributed by atoms with Gasteiger partial charge in [0.1, 0.15) is 5.82 Å². The Hall–Kier alpha value is -2.37. The van der Waals surface area contributed by atoms with Crippen molar-refractivity contribution in [2.24, 2.45) is 7.05 Å². The van der Waals surface area contributed by atoms with E-state index in [4.69, 9.17) is 5.73 Å². The summed E-state index contributed by atoms with van der Waals surface area (Å²) < 4.78 is 2.59. The molecule has 88 valence electrons. The molecule has 0 amide bonds. The Morgan fingerprint density at radius 3 is 2.76 bits per heavy atom. The van der Waals surface area contributed by atoms with Crippen molar-refractivity contribution in [2.75, 3.05) is 5.73 Å². The van der Waals surface area contributed by atoms with Crippen molar-refractivity contribution in [1.29, 1.82) is 0 Å².